The Kier molecular flexibility index (Phi) is 5.29. The van der Waals surface area contributed by atoms with E-state index in [0.717, 1.165) is 31.2 Å². The van der Waals surface area contributed by atoms with Crippen LogP contribution in [0, 0.1) is 6.92 Å². The molecule has 0 atom stereocenters. The summed E-state index contributed by atoms with van der Waals surface area (Å²) in [5.74, 6) is 0.613. The molecule has 0 unspecified atom stereocenters. The summed E-state index contributed by atoms with van der Waals surface area (Å²) in [6.45, 7) is 5.10. The SMILES string of the molecule is COCCCNC(=O)c1cnc(N2CCCC2)nc1C. The summed E-state index contributed by atoms with van der Waals surface area (Å²) in [6.07, 6.45) is 4.80. The molecule has 1 fully saturated rings. The number of nitrogens with zero attached hydrogens (tertiary/aromatic N) is 3. The van der Waals surface area contributed by atoms with Crippen LogP contribution in [0.3, 0.4) is 0 Å². The van der Waals surface area contributed by atoms with E-state index in [9.17, 15) is 4.79 Å². The van der Waals surface area contributed by atoms with Crippen molar-refractivity contribution in [2.75, 3.05) is 38.3 Å². The zero-order chi connectivity index (χ0) is 14.4. The minimum absolute atomic E-state index is 0.119. The fraction of sp³-hybridized carbons (Fsp3) is 0.643. The summed E-state index contributed by atoms with van der Waals surface area (Å²) in [5, 5.41) is 2.85. The molecular formula is C14H22N4O2. The van der Waals surface area contributed by atoms with Gasteiger partial charge in [-0.25, -0.2) is 9.97 Å². The van der Waals surface area contributed by atoms with Crippen LogP contribution < -0.4 is 10.2 Å². The van der Waals surface area contributed by atoms with Gasteiger partial charge >= 0.3 is 0 Å². The number of methoxy groups -OCH3 is 1. The largest absolute Gasteiger partial charge is 0.385 e. The molecule has 0 spiro atoms. The molecule has 1 aliphatic rings. The normalized spacial score (nSPS) is 14.6. The number of hydrogen-bond donors (Lipinski definition) is 1. The van der Waals surface area contributed by atoms with Gasteiger partial charge in [-0.2, -0.15) is 0 Å². The van der Waals surface area contributed by atoms with Gasteiger partial charge in [-0.3, -0.25) is 4.79 Å². The highest BCUT2D eigenvalue weighted by molar-refractivity contribution is 5.94. The number of carbonyl (C=O) groups excluding carboxylic acids is 1. The summed E-state index contributed by atoms with van der Waals surface area (Å²) in [5.41, 5.74) is 1.27. The average Bonchev–Trinajstić information content (AvgIpc) is 2.97. The van der Waals surface area contributed by atoms with E-state index in [2.05, 4.69) is 20.2 Å². The van der Waals surface area contributed by atoms with Crippen LogP contribution in [0.4, 0.5) is 5.95 Å². The van der Waals surface area contributed by atoms with Crippen LogP contribution >= 0.6 is 0 Å². The number of nitrogens with one attached hydrogen (secondary N) is 1. The Morgan fingerprint density at radius 3 is 2.85 bits per heavy atom. The van der Waals surface area contributed by atoms with Gasteiger partial charge in [0.2, 0.25) is 5.95 Å². The van der Waals surface area contributed by atoms with Crippen LogP contribution in [-0.4, -0.2) is 49.2 Å². The van der Waals surface area contributed by atoms with E-state index < -0.39 is 0 Å². The first-order chi connectivity index (χ1) is 9.72. The standard InChI is InChI=1S/C14H22N4O2/c1-11-12(13(19)15-6-5-9-20-2)10-16-14(17-11)18-7-3-4-8-18/h10H,3-9H2,1-2H3,(H,15,19). The zero-order valence-corrected chi connectivity index (χ0v) is 12.2. The van der Waals surface area contributed by atoms with Crippen molar-refractivity contribution in [2.24, 2.45) is 0 Å². The molecule has 0 bridgehead atoms. The summed E-state index contributed by atoms with van der Waals surface area (Å²) in [6, 6.07) is 0. The molecule has 1 amide bonds. The van der Waals surface area contributed by atoms with E-state index in [1.54, 1.807) is 13.3 Å². The van der Waals surface area contributed by atoms with E-state index in [0.29, 0.717) is 18.7 Å². The second-order valence-corrected chi connectivity index (χ2v) is 4.97. The number of aromatic nitrogens is 2. The molecule has 20 heavy (non-hydrogen) atoms. The highest BCUT2D eigenvalue weighted by atomic mass is 16.5. The number of anilines is 1. The topological polar surface area (TPSA) is 67.3 Å². The van der Waals surface area contributed by atoms with Crippen LogP contribution in [-0.2, 0) is 4.74 Å². The summed E-state index contributed by atoms with van der Waals surface area (Å²) >= 11 is 0. The summed E-state index contributed by atoms with van der Waals surface area (Å²) in [4.78, 5) is 22.9. The Labute approximate surface area is 119 Å². The van der Waals surface area contributed by atoms with Crippen molar-refractivity contribution in [3.05, 3.63) is 17.5 Å². The van der Waals surface area contributed by atoms with Gasteiger partial charge in [-0.05, 0) is 26.2 Å². The van der Waals surface area contributed by atoms with Gasteiger partial charge in [-0.15, -0.1) is 0 Å². The first kappa shape index (κ1) is 14.7. The lowest BCUT2D eigenvalue weighted by Gasteiger charge is -2.16. The Morgan fingerprint density at radius 2 is 2.20 bits per heavy atom. The van der Waals surface area contributed by atoms with Gasteiger partial charge in [0.25, 0.3) is 5.91 Å². The van der Waals surface area contributed by atoms with Crippen molar-refractivity contribution >= 4 is 11.9 Å². The smallest absolute Gasteiger partial charge is 0.254 e. The number of hydrogen-bond acceptors (Lipinski definition) is 5. The van der Waals surface area contributed by atoms with Crippen molar-refractivity contribution < 1.29 is 9.53 Å². The molecule has 0 aliphatic carbocycles. The van der Waals surface area contributed by atoms with Gasteiger partial charge in [-0.1, -0.05) is 0 Å². The molecule has 6 nitrogen and oxygen atoms in total. The van der Waals surface area contributed by atoms with Crippen molar-refractivity contribution in [1.82, 2.24) is 15.3 Å². The van der Waals surface area contributed by atoms with Crippen molar-refractivity contribution in [1.29, 1.82) is 0 Å². The maximum Gasteiger partial charge on any atom is 0.254 e. The molecule has 0 radical (unpaired) electrons. The number of aryl methyl sites for hydroxylation is 1. The first-order valence-corrected chi connectivity index (χ1v) is 7.08. The summed E-state index contributed by atoms with van der Waals surface area (Å²) < 4.78 is 4.94. The summed E-state index contributed by atoms with van der Waals surface area (Å²) in [7, 11) is 1.65. The van der Waals surface area contributed by atoms with Gasteiger partial charge < -0.3 is 15.0 Å². The molecule has 6 heteroatoms. The van der Waals surface area contributed by atoms with E-state index in [-0.39, 0.29) is 5.91 Å². The second-order valence-electron chi connectivity index (χ2n) is 4.97. The molecule has 1 saturated heterocycles. The number of carbonyl (C=O) groups is 1. The van der Waals surface area contributed by atoms with E-state index in [1.807, 2.05) is 6.92 Å². The molecule has 0 saturated carbocycles. The highest BCUT2D eigenvalue weighted by Gasteiger charge is 2.17. The van der Waals surface area contributed by atoms with E-state index in [4.69, 9.17) is 4.74 Å². The fourth-order valence-corrected chi connectivity index (χ4v) is 2.26. The predicted octanol–water partition coefficient (Wildman–Crippen LogP) is 1.15. The van der Waals surface area contributed by atoms with Gasteiger partial charge in [0, 0.05) is 39.5 Å². The molecule has 1 aliphatic heterocycles. The first-order valence-electron chi connectivity index (χ1n) is 7.08. The highest BCUT2D eigenvalue weighted by Crippen LogP contribution is 2.16. The molecule has 2 heterocycles. The molecule has 1 N–H and O–H groups in total. The van der Waals surface area contributed by atoms with Gasteiger partial charge in [0.15, 0.2) is 0 Å². The molecule has 1 aromatic heterocycles. The molecule has 2 rings (SSSR count). The van der Waals surface area contributed by atoms with Crippen molar-refractivity contribution in [3.8, 4) is 0 Å². The second kappa shape index (κ2) is 7.19. The number of ether oxygens (including phenoxy) is 1. The molecule has 110 valence electrons. The number of amides is 1. The van der Waals surface area contributed by atoms with Crippen molar-refractivity contribution in [3.63, 3.8) is 0 Å². The minimum atomic E-state index is -0.119. The monoisotopic (exact) mass is 278 g/mol. The van der Waals surface area contributed by atoms with Crippen LogP contribution in [0.1, 0.15) is 35.3 Å². The van der Waals surface area contributed by atoms with Gasteiger partial charge in [0.05, 0.1) is 11.3 Å². The molecular weight excluding hydrogens is 256 g/mol. The Hall–Kier alpha value is -1.69. The Bertz CT molecular complexity index is 458. The number of rotatable bonds is 6. The average molecular weight is 278 g/mol. The van der Waals surface area contributed by atoms with Gasteiger partial charge in [0.1, 0.15) is 0 Å². The maximum absolute atomic E-state index is 12.0. The quantitative estimate of drug-likeness (QED) is 0.791. The molecule has 1 aromatic rings. The third-order valence-corrected chi connectivity index (χ3v) is 3.41. The van der Waals surface area contributed by atoms with Crippen LogP contribution in [0.25, 0.3) is 0 Å². The lowest BCUT2D eigenvalue weighted by molar-refractivity contribution is 0.0947. The van der Waals surface area contributed by atoms with E-state index >= 15 is 0 Å². The van der Waals surface area contributed by atoms with Crippen LogP contribution in [0.15, 0.2) is 6.20 Å². The Morgan fingerprint density at radius 1 is 1.45 bits per heavy atom. The van der Waals surface area contributed by atoms with E-state index in [1.165, 1.54) is 12.8 Å². The lowest BCUT2D eigenvalue weighted by Crippen LogP contribution is -2.27. The zero-order valence-electron chi connectivity index (χ0n) is 12.2. The third-order valence-electron chi connectivity index (χ3n) is 3.41. The minimum Gasteiger partial charge on any atom is -0.385 e. The third kappa shape index (κ3) is 3.66. The maximum atomic E-state index is 12.0. The Balaban J connectivity index is 1.96. The fourth-order valence-electron chi connectivity index (χ4n) is 2.26. The van der Waals surface area contributed by atoms with Crippen LogP contribution in [0.2, 0.25) is 0 Å². The van der Waals surface area contributed by atoms with Crippen LogP contribution in [0.5, 0.6) is 0 Å². The predicted molar refractivity (Wildman–Crippen MR) is 77.0 cm³/mol. The van der Waals surface area contributed by atoms with Crippen molar-refractivity contribution in [2.45, 2.75) is 26.2 Å². The molecule has 0 aromatic carbocycles. The lowest BCUT2D eigenvalue weighted by atomic mass is 10.2.